The SMILES string of the molecule is O=C=NCCC(C(=O)O)=C(CCN=C=O)C(=O)O. The van der Waals surface area contributed by atoms with E-state index in [2.05, 4.69) is 9.98 Å². The number of hydrogen-bond donors (Lipinski definition) is 2. The minimum absolute atomic E-state index is 0.168. The largest absolute Gasteiger partial charge is 0.478 e. The van der Waals surface area contributed by atoms with Crippen LogP contribution in [0, 0.1) is 0 Å². The first-order chi connectivity index (χ1) is 8.54. The van der Waals surface area contributed by atoms with Crippen LogP contribution < -0.4 is 0 Å². The van der Waals surface area contributed by atoms with E-state index >= 15 is 0 Å². The van der Waals surface area contributed by atoms with Crippen molar-refractivity contribution in [2.45, 2.75) is 12.8 Å². The van der Waals surface area contributed by atoms with E-state index in [-0.39, 0.29) is 37.1 Å². The molecule has 0 fully saturated rings. The molecule has 2 N–H and O–H groups in total. The van der Waals surface area contributed by atoms with E-state index in [0.717, 1.165) is 0 Å². The standard InChI is InChI=1S/C10H10N2O6/c13-5-11-3-1-7(9(15)16)8(10(17)18)2-4-12-6-14/h1-4H2,(H,15,16)(H,17,18). The molecule has 0 aliphatic carbocycles. The lowest BCUT2D eigenvalue weighted by Crippen LogP contribution is -2.13. The van der Waals surface area contributed by atoms with Gasteiger partial charge in [-0.15, -0.1) is 0 Å². The maximum absolute atomic E-state index is 10.9. The van der Waals surface area contributed by atoms with Crippen molar-refractivity contribution in [3.63, 3.8) is 0 Å². The molecule has 8 heteroatoms. The highest BCUT2D eigenvalue weighted by Gasteiger charge is 2.19. The number of carbonyl (C=O) groups excluding carboxylic acids is 2. The Balaban J connectivity index is 5.14. The van der Waals surface area contributed by atoms with Gasteiger partial charge in [0.05, 0.1) is 13.1 Å². The molecule has 0 amide bonds. The molecule has 0 aliphatic heterocycles. The zero-order chi connectivity index (χ0) is 14.0. The van der Waals surface area contributed by atoms with Gasteiger partial charge in [0.15, 0.2) is 0 Å². The van der Waals surface area contributed by atoms with Gasteiger partial charge in [0.25, 0.3) is 0 Å². The Kier molecular flexibility index (Phi) is 7.36. The van der Waals surface area contributed by atoms with Crippen molar-refractivity contribution in [1.29, 1.82) is 0 Å². The second kappa shape index (κ2) is 8.58. The fourth-order valence-electron chi connectivity index (χ4n) is 1.20. The average molecular weight is 254 g/mol. The molecule has 0 saturated heterocycles. The highest BCUT2D eigenvalue weighted by Crippen LogP contribution is 2.14. The first kappa shape index (κ1) is 15.4. The highest BCUT2D eigenvalue weighted by molar-refractivity contribution is 5.98. The Hall–Kier alpha value is -2.56. The minimum Gasteiger partial charge on any atom is -0.478 e. The number of carboxylic acid groups (broad SMARTS) is 2. The molecule has 0 saturated carbocycles. The zero-order valence-electron chi connectivity index (χ0n) is 9.25. The van der Waals surface area contributed by atoms with Crippen LogP contribution in [-0.4, -0.2) is 47.4 Å². The van der Waals surface area contributed by atoms with Crippen molar-refractivity contribution < 1.29 is 29.4 Å². The smallest absolute Gasteiger partial charge is 0.332 e. The van der Waals surface area contributed by atoms with Crippen molar-refractivity contribution in [1.82, 2.24) is 0 Å². The van der Waals surface area contributed by atoms with Crippen LogP contribution in [0.5, 0.6) is 0 Å². The maximum Gasteiger partial charge on any atom is 0.332 e. The van der Waals surface area contributed by atoms with Crippen LogP contribution >= 0.6 is 0 Å². The summed E-state index contributed by atoms with van der Waals surface area (Å²) in [5.41, 5.74) is -0.745. The lowest BCUT2D eigenvalue weighted by atomic mass is 10.0. The van der Waals surface area contributed by atoms with Crippen molar-refractivity contribution in [2.75, 3.05) is 13.1 Å². The van der Waals surface area contributed by atoms with Gasteiger partial charge in [-0.2, -0.15) is 0 Å². The second-order valence-electron chi connectivity index (χ2n) is 3.01. The van der Waals surface area contributed by atoms with Gasteiger partial charge in [-0.1, -0.05) is 0 Å². The minimum atomic E-state index is -1.41. The van der Waals surface area contributed by atoms with Crippen LogP contribution in [-0.2, 0) is 19.2 Å². The average Bonchev–Trinajstić information content (AvgIpc) is 2.31. The number of carbonyl (C=O) groups is 2. The molecule has 0 aromatic heterocycles. The highest BCUT2D eigenvalue weighted by atomic mass is 16.4. The Morgan fingerprint density at radius 2 is 1.17 bits per heavy atom. The number of nitrogens with zero attached hydrogens (tertiary/aromatic N) is 2. The van der Waals surface area contributed by atoms with Crippen molar-refractivity contribution >= 4 is 24.1 Å². The molecule has 0 unspecified atom stereocenters. The quantitative estimate of drug-likeness (QED) is 0.353. The normalized spacial score (nSPS) is 10.7. The molecule has 8 nitrogen and oxygen atoms in total. The molecule has 18 heavy (non-hydrogen) atoms. The number of hydrogen-bond acceptors (Lipinski definition) is 6. The van der Waals surface area contributed by atoms with Gasteiger partial charge in [0.2, 0.25) is 12.2 Å². The van der Waals surface area contributed by atoms with Gasteiger partial charge < -0.3 is 10.2 Å². The Morgan fingerprint density at radius 1 is 0.833 bits per heavy atom. The van der Waals surface area contributed by atoms with Crippen LogP contribution in [0.25, 0.3) is 0 Å². The van der Waals surface area contributed by atoms with Crippen molar-refractivity contribution in [3.05, 3.63) is 11.1 Å². The summed E-state index contributed by atoms with van der Waals surface area (Å²) in [6.07, 6.45) is 2.03. The molecule has 0 aliphatic rings. The zero-order valence-corrected chi connectivity index (χ0v) is 9.25. The predicted molar refractivity (Wildman–Crippen MR) is 57.5 cm³/mol. The van der Waals surface area contributed by atoms with Crippen LogP contribution in [0.4, 0.5) is 0 Å². The number of aliphatic carboxylic acids is 2. The molecule has 0 heterocycles. The third-order valence-corrected chi connectivity index (χ3v) is 1.96. The van der Waals surface area contributed by atoms with Crippen LogP contribution in [0.1, 0.15) is 12.8 Å². The molecule has 0 radical (unpaired) electrons. The number of isocyanates is 2. The lowest BCUT2D eigenvalue weighted by Gasteiger charge is -2.06. The van der Waals surface area contributed by atoms with E-state index in [1.807, 2.05) is 0 Å². The third kappa shape index (κ3) is 5.50. The Labute approximate surface area is 101 Å². The van der Waals surface area contributed by atoms with Crippen LogP contribution in [0.15, 0.2) is 21.1 Å². The van der Waals surface area contributed by atoms with E-state index in [1.54, 1.807) is 0 Å². The first-order valence-corrected chi connectivity index (χ1v) is 4.80. The summed E-state index contributed by atoms with van der Waals surface area (Å²) >= 11 is 0. The second-order valence-corrected chi connectivity index (χ2v) is 3.01. The molecular formula is C10H10N2O6. The van der Waals surface area contributed by atoms with Gasteiger partial charge in [-0.05, 0) is 0 Å². The summed E-state index contributed by atoms with van der Waals surface area (Å²) in [5, 5.41) is 17.8. The monoisotopic (exact) mass is 254 g/mol. The fraction of sp³-hybridized carbons (Fsp3) is 0.400. The molecule has 0 aromatic rings. The summed E-state index contributed by atoms with van der Waals surface area (Å²) in [5.74, 6) is -2.83. The Morgan fingerprint density at radius 3 is 1.39 bits per heavy atom. The molecule has 0 rings (SSSR count). The molecule has 0 spiro atoms. The summed E-state index contributed by atoms with van der Waals surface area (Å²) in [7, 11) is 0. The predicted octanol–water partition coefficient (Wildman–Crippen LogP) is -0.0960. The molecule has 96 valence electrons. The van der Waals surface area contributed by atoms with Crippen molar-refractivity contribution in [2.24, 2.45) is 9.98 Å². The van der Waals surface area contributed by atoms with Gasteiger partial charge in [-0.3, -0.25) is 0 Å². The summed E-state index contributed by atoms with van der Waals surface area (Å²) in [6, 6.07) is 0. The number of carboxylic acids is 2. The van der Waals surface area contributed by atoms with Gasteiger partial charge in [0.1, 0.15) is 0 Å². The van der Waals surface area contributed by atoms with E-state index in [9.17, 15) is 19.2 Å². The van der Waals surface area contributed by atoms with E-state index in [1.165, 1.54) is 12.2 Å². The summed E-state index contributed by atoms with van der Waals surface area (Å²) < 4.78 is 0. The Bertz CT molecular complexity index is 413. The lowest BCUT2D eigenvalue weighted by molar-refractivity contribution is -0.136. The van der Waals surface area contributed by atoms with Gasteiger partial charge in [-0.25, -0.2) is 29.2 Å². The molecule has 0 aromatic carbocycles. The molecule has 0 atom stereocenters. The maximum atomic E-state index is 10.9. The van der Waals surface area contributed by atoms with Crippen molar-refractivity contribution in [3.8, 4) is 0 Å². The fourth-order valence-corrected chi connectivity index (χ4v) is 1.20. The number of rotatable bonds is 8. The third-order valence-electron chi connectivity index (χ3n) is 1.96. The molecule has 0 bridgehead atoms. The first-order valence-electron chi connectivity index (χ1n) is 4.80. The summed E-state index contributed by atoms with van der Waals surface area (Å²) in [4.78, 5) is 47.8. The topological polar surface area (TPSA) is 133 Å². The van der Waals surface area contributed by atoms with Gasteiger partial charge >= 0.3 is 11.9 Å². The molecular weight excluding hydrogens is 244 g/mol. The summed E-state index contributed by atoms with van der Waals surface area (Å²) in [6.45, 7) is -0.336. The van der Waals surface area contributed by atoms with Gasteiger partial charge in [0, 0.05) is 24.0 Å². The van der Waals surface area contributed by atoms with Crippen LogP contribution in [0.2, 0.25) is 0 Å². The van der Waals surface area contributed by atoms with Crippen LogP contribution in [0.3, 0.4) is 0 Å². The van der Waals surface area contributed by atoms with E-state index < -0.39 is 11.9 Å². The number of aliphatic imine (C=N–C) groups is 2. The van der Waals surface area contributed by atoms with E-state index in [4.69, 9.17) is 10.2 Å². The van der Waals surface area contributed by atoms with E-state index in [0.29, 0.717) is 0 Å².